The number of nitrogens with zero attached hydrogens (tertiary/aromatic N) is 2. The molecule has 1 N–H and O–H groups in total. The van der Waals surface area contributed by atoms with Crippen molar-refractivity contribution in [2.45, 2.75) is 19.8 Å². The van der Waals surface area contributed by atoms with Gasteiger partial charge >= 0.3 is 11.7 Å². The van der Waals surface area contributed by atoms with E-state index in [1.165, 1.54) is 6.07 Å². The highest BCUT2D eigenvalue weighted by Crippen LogP contribution is 2.38. The number of hydrogen-bond donors (Lipinski definition) is 1. The maximum Gasteiger partial charge on any atom is 0.334 e. The van der Waals surface area contributed by atoms with Crippen LogP contribution in [0.5, 0.6) is 11.5 Å². The van der Waals surface area contributed by atoms with Crippen LogP contribution in [0.15, 0.2) is 36.4 Å². The normalized spacial score (nSPS) is 12.9. The van der Waals surface area contributed by atoms with Crippen molar-refractivity contribution < 1.29 is 24.0 Å². The molecule has 9 nitrogen and oxygen atoms in total. The molecule has 1 aliphatic heterocycles. The molecule has 2 aromatic rings. The third-order valence-corrected chi connectivity index (χ3v) is 4.82. The van der Waals surface area contributed by atoms with Gasteiger partial charge in [0.2, 0.25) is 5.75 Å². The molecule has 0 atom stereocenters. The lowest BCUT2D eigenvalue weighted by atomic mass is 9.98. The molecule has 0 bridgehead atoms. The van der Waals surface area contributed by atoms with Crippen LogP contribution in [-0.4, -0.2) is 48.4 Å². The van der Waals surface area contributed by atoms with Crippen LogP contribution in [-0.2, 0) is 16.0 Å². The predicted molar refractivity (Wildman–Crippen MR) is 110 cm³/mol. The monoisotopic (exact) mass is 413 g/mol. The lowest BCUT2D eigenvalue weighted by molar-refractivity contribution is -0.384. The first-order valence-corrected chi connectivity index (χ1v) is 9.65. The second-order valence-electron chi connectivity index (χ2n) is 6.68. The number of carbonyl (C=O) groups excluding carboxylic acids is 2. The van der Waals surface area contributed by atoms with E-state index in [2.05, 4.69) is 5.32 Å². The van der Waals surface area contributed by atoms with Gasteiger partial charge in [-0.1, -0.05) is 6.07 Å². The van der Waals surface area contributed by atoms with Gasteiger partial charge in [0.1, 0.15) is 11.4 Å². The summed E-state index contributed by atoms with van der Waals surface area (Å²) in [5.74, 6) is 0.0448. The van der Waals surface area contributed by atoms with Crippen LogP contribution < -0.4 is 10.1 Å². The number of ether oxygens (including phenoxy) is 2. The van der Waals surface area contributed by atoms with Gasteiger partial charge in [-0.05, 0) is 49.2 Å². The van der Waals surface area contributed by atoms with Crippen molar-refractivity contribution in [3.63, 3.8) is 0 Å². The molecule has 0 fully saturated rings. The molecule has 0 aromatic heterocycles. The van der Waals surface area contributed by atoms with Crippen LogP contribution in [0.3, 0.4) is 0 Å². The second-order valence-corrected chi connectivity index (χ2v) is 6.68. The predicted octanol–water partition coefficient (Wildman–Crippen LogP) is 3.38. The summed E-state index contributed by atoms with van der Waals surface area (Å²) in [6.07, 6.45) is 0.751. The van der Waals surface area contributed by atoms with E-state index in [1.807, 2.05) is 0 Å². The van der Waals surface area contributed by atoms with E-state index in [9.17, 15) is 19.7 Å². The van der Waals surface area contributed by atoms with Crippen molar-refractivity contribution in [2.24, 2.45) is 0 Å². The van der Waals surface area contributed by atoms with Crippen molar-refractivity contribution in [2.75, 3.05) is 32.1 Å². The number of hydrogen-bond acceptors (Lipinski definition) is 7. The van der Waals surface area contributed by atoms with Gasteiger partial charge < -0.3 is 19.7 Å². The molecule has 158 valence electrons. The highest BCUT2D eigenvalue weighted by molar-refractivity contribution is 5.97. The number of nitro groups is 1. The Morgan fingerprint density at radius 1 is 1.30 bits per heavy atom. The Kier molecular flexibility index (Phi) is 6.51. The quantitative estimate of drug-likeness (QED) is 0.401. The second kappa shape index (κ2) is 9.25. The van der Waals surface area contributed by atoms with Crippen LogP contribution in [0, 0.1) is 10.1 Å². The van der Waals surface area contributed by atoms with E-state index in [0.717, 1.165) is 5.56 Å². The van der Waals surface area contributed by atoms with E-state index >= 15 is 0 Å². The first kappa shape index (κ1) is 21.1. The highest BCUT2D eigenvalue weighted by Gasteiger charge is 2.26. The van der Waals surface area contributed by atoms with Gasteiger partial charge in [-0.2, -0.15) is 0 Å². The van der Waals surface area contributed by atoms with E-state index < -0.39 is 4.92 Å². The van der Waals surface area contributed by atoms with Crippen LogP contribution in [0.4, 0.5) is 11.4 Å². The van der Waals surface area contributed by atoms with Crippen LogP contribution in [0.1, 0.15) is 29.3 Å². The zero-order valence-electron chi connectivity index (χ0n) is 16.8. The average Bonchev–Trinajstić information content (AvgIpc) is 2.73. The molecular formula is C21H23N3O6. The summed E-state index contributed by atoms with van der Waals surface area (Å²) in [4.78, 5) is 36.9. The maximum absolute atomic E-state index is 12.7. The molecule has 1 aliphatic rings. The fourth-order valence-electron chi connectivity index (χ4n) is 3.37. The molecule has 0 unspecified atom stereocenters. The Balaban J connectivity index is 1.77. The molecule has 30 heavy (non-hydrogen) atoms. The Morgan fingerprint density at radius 3 is 2.80 bits per heavy atom. The largest absolute Gasteiger partial charge is 0.466 e. The first-order chi connectivity index (χ1) is 14.4. The van der Waals surface area contributed by atoms with Gasteiger partial charge in [-0.15, -0.1) is 0 Å². The van der Waals surface area contributed by atoms with Gasteiger partial charge in [0.25, 0.3) is 5.91 Å². The van der Waals surface area contributed by atoms with E-state index in [4.69, 9.17) is 9.47 Å². The Morgan fingerprint density at radius 2 is 2.10 bits per heavy atom. The number of amides is 1. The van der Waals surface area contributed by atoms with Crippen LogP contribution >= 0.6 is 0 Å². The summed E-state index contributed by atoms with van der Waals surface area (Å²) >= 11 is 0. The van der Waals surface area contributed by atoms with E-state index in [1.54, 1.807) is 49.2 Å². The Labute approximate surface area is 173 Å². The number of benzene rings is 2. The fourth-order valence-corrected chi connectivity index (χ4v) is 3.37. The fraction of sp³-hybridized carbons (Fsp3) is 0.333. The van der Waals surface area contributed by atoms with Gasteiger partial charge in [0.05, 0.1) is 18.0 Å². The smallest absolute Gasteiger partial charge is 0.334 e. The number of fused-ring (bicyclic) bond motifs is 1. The van der Waals surface area contributed by atoms with Crippen LogP contribution in [0.2, 0.25) is 0 Å². The number of nitrogens with one attached hydrogen (secondary N) is 1. The van der Waals surface area contributed by atoms with Crippen LogP contribution in [0.25, 0.3) is 0 Å². The molecule has 0 saturated carbocycles. The summed E-state index contributed by atoms with van der Waals surface area (Å²) in [7, 11) is 1.60. The lowest BCUT2D eigenvalue weighted by Gasteiger charge is -2.28. The zero-order chi connectivity index (χ0) is 21.7. The number of para-hydroxylation sites is 1. The highest BCUT2D eigenvalue weighted by atomic mass is 16.6. The number of carbonyl (C=O) groups is 2. The number of esters is 1. The van der Waals surface area contributed by atoms with Crippen molar-refractivity contribution in [1.29, 1.82) is 0 Å². The molecule has 0 saturated heterocycles. The minimum absolute atomic E-state index is 0.116. The first-order valence-electron chi connectivity index (χ1n) is 9.65. The summed E-state index contributed by atoms with van der Waals surface area (Å²) in [5.41, 5.74) is 1.54. The molecule has 1 amide bonds. The summed E-state index contributed by atoms with van der Waals surface area (Å²) < 4.78 is 10.7. The topological polar surface area (TPSA) is 111 Å². The molecule has 3 rings (SSSR count). The molecule has 0 aliphatic carbocycles. The van der Waals surface area contributed by atoms with Gasteiger partial charge in [-0.3, -0.25) is 19.7 Å². The average molecular weight is 413 g/mol. The molecule has 1 heterocycles. The van der Waals surface area contributed by atoms with Crippen molar-refractivity contribution >= 4 is 23.3 Å². The third-order valence-electron chi connectivity index (χ3n) is 4.82. The minimum Gasteiger partial charge on any atom is -0.466 e. The van der Waals surface area contributed by atoms with Crippen molar-refractivity contribution in [3.05, 3.63) is 57.6 Å². The molecule has 0 spiro atoms. The molecular weight excluding hydrogens is 390 g/mol. The molecule has 0 radical (unpaired) electrons. The Hall–Kier alpha value is -3.62. The van der Waals surface area contributed by atoms with Crippen molar-refractivity contribution in [3.8, 4) is 11.5 Å². The molecule has 9 heteroatoms. The number of anilines is 1. The minimum atomic E-state index is -0.496. The zero-order valence-corrected chi connectivity index (χ0v) is 16.8. The lowest BCUT2D eigenvalue weighted by Crippen LogP contribution is -2.39. The van der Waals surface area contributed by atoms with Gasteiger partial charge in [0.15, 0.2) is 0 Å². The van der Waals surface area contributed by atoms with Gasteiger partial charge in [-0.25, -0.2) is 0 Å². The SMILES string of the molecule is CCOC(=O)CCN1CCc2cc(Oc3cccc(NC)c3[N+](=O)[O-])ccc2C1=O. The number of nitro benzene ring substituents is 1. The third kappa shape index (κ3) is 4.51. The summed E-state index contributed by atoms with van der Waals surface area (Å²) in [5, 5.41) is 14.2. The maximum atomic E-state index is 12.7. The van der Waals surface area contributed by atoms with E-state index in [-0.39, 0.29) is 29.7 Å². The molecule has 2 aromatic carbocycles. The van der Waals surface area contributed by atoms with Crippen molar-refractivity contribution in [1.82, 2.24) is 4.90 Å². The van der Waals surface area contributed by atoms with E-state index in [0.29, 0.717) is 43.1 Å². The van der Waals surface area contributed by atoms with Gasteiger partial charge in [0, 0.05) is 25.7 Å². The standard InChI is InChI=1S/C21H23N3O6/c1-3-29-19(25)10-12-23-11-9-14-13-15(7-8-16(14)21(23)26)30-18-6-4-5-17(22-2)20(18)24(27)28/h4-8,13,22H,3,9-12H2,1-2H3. The Bertz CT molecular complexity index is 975. The summed E-state index contributed by atoms with van der Waals surface area (Å²) in [6.45, 7) is 2.83. The number of rotatable bonds is 8. The summed E-state index contributed by atoms with van der Waals surface area (Å²) in [6, 6.07) is 9.78.